The lowest BCUT2D eigenvalue weighted by molar-refractivity contribution is 0.0520. The minimum atomic E-state index is -1.07. The van der Waals surface area contributed by atoms with Gasteiger partial charge in [-0.2, -0.15) is 0 Å². The van der Waals surface area contributed by atoms with Gasteiger partial charge in [-0.1, -0.05) is 59.8 Å². The Bertz CT molecular complexity index is 6050. The van der Waals surface area contributed by atoms with Crippen LogP contribution >= 0.6 is 0 Å². The molecule has 0 aliphatic carbocycles. The summed E-state index contributed by atoms with van der Waals surface area (Å²) in [4.78, 5) is 38.3. The Kier molecular flexibility index (Phi) is 28.3. The van der Waals surface area contributed by atoms with Crippen LogP contribution in [-0.4, -0.2) is 106 Å². The molecule has 9 aromatic carbocycles. The fourth-order valence-corrected chi connectivity index (χ4v) is 14.0. The lowest BCUT2D eigenvalue weighted by Crippen LogP contribution is -2.07. The number of ether oxygens (including phenoxy) is 9. The summed E-state index contributed by atoms with van der Waals surface area (Å²) in [5.74, 6) is 5.88. The maximum Gasteiger partial charge on any atom is 0.359 e. The topological polar surface area (TPSA) is 215 Å². The predicted octanol–water partition coefficient (Wildman–Crippen LogP) is 25.3. The summed E-state index contributed by atoms with van der Waals surface area (Å²) >= 11 is 0. The zero-order valence-electron chi connectivity index (χ0n) is 73.3. The van der Waals surface area contributed by atoms with Gasteiger partial charge in [0.2, 0.25) is 0 Å². The number of esters is 1. The van der Waals surface area contributed by atoms with E-state index in [-0.39, 0.29) is 66.8 Å². The molecule has 0 saturated carbocycles. The second kappa shape index (κ2) is 40.0. The Balaban J connectivity index is 0.000000142. The van der Waals surface area contributed by atoms with Gasteiger partial charge >= 0.3 is 11.9 Å². The van der Waals surface area contributed by atoms with Crippen LogP contribution in [0.3, 0.4) is 0 Å². The summed E-state index contributed by atoms with van der Waals surface area (Å²) in [7, 11) is 0. The van der Waals surface area contributed by atoms with Crippen molar-refractivity contribution < 1.29 is 61.9 Å². The molecule has 0 atom stereocenters. The number of carbonyl (C=O) groups excluding carboxylic acids is 1. The molecule has 0 radical (unpaired) electrons. The Labute approximate surface area is 724 Å². The molecule has 0 saturated heterocycles. The molecule has 124 heavy (non-hydrogen) atoms. The van der Waals surface area contributed by atoms with E-state index in [0.717, 1.165) is 141 Å². The molecule has 0 amide bonds. The first-order chi connectivity index (χ1) is 59.6. The predicted molar refractivity (Wildman–Crippen MR) is 492 cm³/mol. The van der Waals surface area contributed by atoms with Gasteiger partial charge in [0.25, 0.3) is 0 Å². The van der Waals surface area contributed by atoms with Crippen LogP contribution in [0.25, 0.3) is 117 Å². The Morgan fingerprint density at radius 2 is 0.653 bits per heavy atom. The highest BCUT2D eigenvalue weighted by molar-refractivity contribution is 5.97. The Hall–Kier alpha value is -14.1. The zero-order valence-corrected chi connectivity index (χ0v) is 73.3. The third-order valence-electron chi connectivity index (χ3n) is 19.1. The first kappa shape index (κ1) is 87.7. The van der Waals surface area contributed by atoms with E-state index in [4.69, 9.17) is 47.2 Å². The first-order valence-corrected chi connectivity index (χ1v) is 42.1. The molecule has 0 unspecified atom stereocenters. The Morgan fingerprint density at radius 3 is 1.01 bits per heavy atom. The van der Waals surface area contributed by atoms with Crippen LogP contribution in [0.1, 0.15) is 139 Å². The highest BCUT2D eigenvalue weighted by Gasteiger charge is 2.25. The van der Waals surface area contributed by atoms with Gasteiger partial charge in [-0.05, 0) is 356 Å². The minimum Gasteiger partial charge on any atom is -0.491 e. The molecule has 0 spiro atoms. The van der Waals surface area contributed by atoms with Crippen molar-refractivity contribution in [2.75, 3.05) is 6.61 Å². The fourth-order valence-electron chi connectivity index (χ4n) is 14.0. The van der Waals surface area contributed by atoms with Crippen LogP contribution in [-0.2, 0) is 4.74 Å². The number of pyridine rings is 3. The molecule has 0 aliphatic heterocycles. The SMILES string of the molecule is CC(C)Oc1ccc(-c2ccc3nc(C(=O)O)c(-c4ccc(OC(C)C)cc4)n3c2)cc1.CC(C)Oc1ccc(-c2ccc3noc(-c4ccc(OC(C)C)cc4)c3c2)cc1.CC(C)Oc1ccc(-c2ccn3cnc(-c4ccc(OC(C)C)cc4)c3c2)cc1.CCOC(=O)c1nc2ccc(-c3ccc(OC(C)C)cc3)cn2c1-c1ccc(OC(C)C)cc1. The molecule has 1 N–H and O–H groups in total. The van der Waals surface area contributed by atoms with Gasteiger partial charge in [0.1, 0.15) is 62.8 Å². The summed E-state index contributed by atoms with van der Waals surface area (Å²) in [5, 5.41) is 15.0. The van der Waals surface area contributed by atoms with E-state index in [9.17, 15) is 14.7 Å². The van der Waals surface area contributed by atoms with E-state index in [2.05, 4.69) is 87.0 Å². The summed E-state index contributed by atoms with van der Waals surface area (Å²) in [6, 6.07) is 81.5. The normalized spacial score (nSPS) is 11.3. The number of nitrogens with zero attached hydrogens (tertiary/aromatic N) is 7. The van der Waals surface area contributed by atoms with Crippen molar-refractivity contribution in [1.29, 1.82) is 0 Å². The standard InChI is InChI=1S/C28H30N2O4.C26H26N2O4.C25H26N2O2.C25H25NO3/c1-6-32-28(31)26-27(21-9-14-24(15-10-21)34-19(4)5)30-17-22(11-16-25(30)29-26)20-7-12-23(13-8-20)33-18(2)3;1-16(2)31-21-10-5-18(6-11-21)20-9-14-23-27-24(26(29)30)25(28(23)15-20)19-7-12-22(13-8-19)32-17(3)4;1-17(2)28-22-9-5-19(6-10-22)21-13-14-27-16-26-25(24(27)15-21)20-7-11-23(12-8-20)29-18(3)4;1-16(2)27-21-10-5-18(6-11-21)20-9-14-24-23(15-20)25(29-26-24)19-7-12-22(13-8-19)28-17(3)4/h7-19H,6H2,1-5H3;5-17H,1-4H3,(H,29,30);5-18H,1-4H3;5-17H,1-4H3. The fraction of sp³-hybridized carbons (Fsp3) is 0.250. The van der Waals surface area contributed by atoms with Crippen LogP contribution in [0.15, 0.2) is 278 Å². The molecule has 16 aromatic rings. The number of benzene rings is 9. The van der Waals surface area contributed by atoms with Crippen LogP contribution in [0, 0.1) is 0 Å². The van der Waals surface area contributed by atoms with Crippen LogP contribution in [0.4, 0.5) is 0 Å². The van der Waals surface area contributed by atoms with Crippen LogP contribution < -0.4 is 37.9 Å². The molecular formula is C104H107N7O13. The molecule has 20 heteroatoms. The average Bonchev–Trinajstić information content (AvgIpc) is 1.61. The molecule has 16 rings (SSSR count). The van der Waals surface area contributed by atoms with Gasteiger partial charge in [0.15, 0.2) is 17.1 Å². The molecule has 7 aromatic heterocycles. The molecule has 0 aliphatic rings. The molecule has 636 valence electrons. The molecular weight excluding hydrogens is 1560 g/mol. The van der Waals surface area contributed by atoms with Gasteiger partial charge in [0, 0.05) is 40.8 Å². The van der Waals surface area contributed by atoms with Crippen molar-refractivity contribution in [1.82, 2.24) is 33.3 Å². The lowest BCUT2D eigenvalue weighted by atomic mass is 10.0. The maximum atomic E-state index is 12.8. The number of aromatic nitrogens is 7. The average molecular weight is 1660 g/mol. The third-order valence-corrected chi connectivity index (χ3v) is 19.1. The van der Waals surface area contributed by atoms with Gasteiger partial charge in [-0.15, -0.1) is 0 Å². The van der Waals surface area contributed by atoms with E-state index >= 15 is 0 Å². The smallest absolute Gasteiger partial charge is 0.359 e. The van der Waals surface area contributed by atoms with Gasteiger partial charge in [-0.25, -0.2) is 24.5 Å². The van der Waals surface area contributed by atoms with Crippen molar-refractivity contribution in [2.24, 2.45) is 0 Å². The third kappa shape index (κ3) is 22.3. The number of fused-ring (bicyclic) bond motifs is 4. The molecule has 7 heterocycles. The minimum absolute atomic E-state index is 0.0142. The Morgan fingerprint density at radius 1 is 0.347 bits per heavy atom. The number of rotatable bonds is 27. The van der Waals surface area contributed by atoms with Gasteiger partial charge < -0.3 is 56.7 Å². The zero-order chi connectivity index (χ0) is 87.8. The first-order valence-electron chi connectivity index (χ1n) is 42.1. The van der Waals surface area contributed by atoms with Crippen molar-refractivity contribution in [3.8, 4) is 136 Å². The van der Waals surface area contributed by atoms with E-state index in [0.29, 0.717) is 22.7 Å². The van der Waals surface area contributed by atoms with Crippen molar-refractivity contribution >= 4 is 39.7 Å². The number of hydrogen-bond acceptors (Lipinski definition) is 16. The van der Waals surface area contributed by atoms with Crippen molar-refractivity contribution in [2.45, 2.75) is 167 Å². The van der Waals surface area contributed by atoms with E-state index < -0.39 is 11.9 Å². The molecule has 0 bridgehead atoms. The van der Waals surface area contributed by atoms with E-state index in [1.165, 1.54) is 0 Å². The summed E-state index contributed by atoms with van der Waals surface area (Å²) in [6.07, 6.45) is 8.83. The number of carboxylic acid groups (broad SMARTS) is 1. The van der Waals surface area contributed by atoms with E-state index in [1.54, 1.807) is 6.92 Å². The second-order valence-corrected chi connectivity index (χ2v) is 32.0. The number of carboxylic acids is 1. The monoisotopic (exact) mass is 1660 g/mol. The summed E-state index contributed by atoms with van der Waals surface area (Å²) in [6.45, 7) is 34.2. The van der Waals surface area contributed by atoms with Crippen LogP contribution in [0.2, 0.25) is 0 Å². The maximum absolute atomic E-state index is 12.8. The quantitative estimate of drug-likeness (QED) is 0.0474. The summed E-state index contributed by atoms with van der Waals surface area (Å²) < 4.78 is 62.7. The number of imidazole rings is 3. The highest BCUT2D eigenvalue weighted by Crippen LogP contribution is 2.38. The number of carbonyl (C=O) groups is 2. The van der Waals surface area contributed by atoms with Crippen LogP contribution in [0.5, 0.6) is 46.0 Å². The largest absolute Gasteiger partial charge is 0.491 e. The van der Waals surface area contributed by atoms with Crippen molar-refractivity contribution in [3.05, 3.63) is 285 Å². The van der Waals surface area contributed by atoms with E-state index in [1.807, 2.05) is 331 Å². The highest BCUT2D eigenvalue weighted by atomic mass is 16.5. The molecule has 0 fully saturated rings. The number of aromatic carboxylic acids is 1. The van der Waals surface area contributed by atoms with Crippen molar-refractivity contribution in [3.63, 3.8) is 0 Å². The van der Waals surface area contributed by atoms with Gasteiger partial charge in [0.05, 0.1) is 89.8 Å². The summed E-state index contributed by atoms with van der Waals surface area (Å²) in [5.41, 5.74) is 17.8. The van der Waals surface area contributed by atoms with Gasteiger partial charge in [-0.3, -0.25) is 8.80 Å². The molecule has 20 nitrogen and oxygen atoms in total. The number of hydrogen-bond donors (Lipinski definition) is 1. The second-order valence-electron chi connectivity index (χ2n) is 32.0. The lowest BCUT2D eigenvalue weighted by Gasteiger charge is -2.12.